The van der Waals surface area contributed by atoms with Crippen LogP contribution in [0.15, 0.2) is 36.5 Å². The highest BCUT2D eigenvalue weighted by atomic mass is 32.2. The Morgan fingerprint density at radius 3 is 2.29 bits per heavy atom. The van der Waals surface area contributed by atoms with Crippen LogP contribution in [0.5, 0.6) is 0 Å². The number of carboxylic acid groups (broad SMARTS) is 1. The Morgan fingerprint density at radius 2 is 1.64 bits per heavy atom. The van der Waals surface area contributed by atoms with Crippen molar-refractivity contribution in [3.63, 3.8) is 0 Å². The molecule has 2 saturated heterocycles. The number of nitrogens with zero attached hydrogens (tertiary/aromatic N) is 6. The first-order chi connectivity index (χ1) is 19.9. The number of anilines is 3. The molecular formula is C28H33F2N7O4S. The molecule has 4 heterocycles. The molecule has 6 rings (SSSR count). The van der Waals surface area contributed by atoms with E-state index in [1.807, 2.05) is 6.07 Å². The molecule has 1 saturated carbocycles. The van der Waals surface area contributed by atoms with Gasteiger partial charge >= 0.3 is 5.97 Å². The van der Waals surface area contributed by atoms with Crippen LogP contribution in [0.3, 0.4) is 0 Å². The van der Waals surface area contributed by atoms with Gasteiger partial charge in [0, 0.05) is 39.0 Å². The highest BCUT2D eigenvalue weighted by Crippen LogP contribution is 2.54. The van der Waals surface area contributed by atoms with E-state index in [0.29, 0.717) is 28.3 Å². The number of piperidine rings is 2. The van der Waals surface area contributed by atoms with Gasteiger partial charge in [-0.05, 0) is 68.4 Å². The number of benzene rings is 1. The zero-order valence-electron chi connectivity index (χ0n) is 23.3. The smallest absolute Gasteiger partial charge is 0.335 e. The molecule has 3 aromatic rings. The van der Waals surface area contributed by atoms with Crippen molar-refractivity contribution in [3.05, 3.63) is 42.1 Å². The SMILES string of the molecule is CCS(=O)(=O)Nc1ccc(-n2cc(-c3cc(C(=O)O)cc(N4CCC(F)(F)CC4)n3)nn2)c(N2CCC3(CC2)CC3)c1. The Morgan fingerprint density at radius 1 is 0.952 bits per heavy atom. The molecule has 2 aromatic heterocycles. The molecule has 1 aromatic carbocycles. The van der Waals surface area contributed by atoms with E-state index < -0.39 is 21.9 Å². The normalized spacial score (nSPS) is 19.6. The number of halogens is 2. The fourth-order valence-electron chi connectivity index (χ4n) is 5.68. The lowest BCUT2D eigenvalue weighted by atomic mass is 9.93. The van der Waals surface area contributed by atoms with Gasteiger partial charge < -0.3 is 14.9 Å². The predicted octanol–water partition coefficient (Wildman–Crippen LogP) is 4.41. The standard InChI is InChI=1S/C28H33F2N7O4S/c1-2-42(40,41)33-20-3-4-23(24(17-20)35-11-7-27(5-6-27)8-12-35)37-18-22(32-34-37)21-15-19(26(38)39)16-25(31-21)36-13-9-28(29,30)10-14-36/h3-4,15-18,33H,2,5-14H2,1H3,(H,38,39). The van der Waals surface area contributed by atoms with Gasteiger partial charge in [-0.1, -0.05) is 5.21 Å². The number of sulfonamides is 1. The quantitative estimate of drug-likeness (QED) is 0.385. The number of aromatic nitrogens is 4. The minimum atomic E-state index is -3.47. The number of pyridine rings is 1. The van der Waals surface area contributed by atoms with Gasteiger partial charge in [-0.15, -0.1) is 5.10 Å². The van der Waals surface area contributed by atoms with Crippen LogP contribution in [-0.2, 0) is 10.0 Å². The number of hydrogen-bond acceptors (Lipinski definition) is 8. The molecule has 11 nitrogen and oxygen atoms in total. The first-order valence-electron chi connectivity index (χ1n) is 14.2. The van der Waals surface area contributed by atoms with E-state index in [2.05, 4.69) is 24.9 Å². The molecule has 0 radical (unpaired) electrons. The van der Waals surface area contributed by atoms with Crippen LogP contribution in [0.1, 0.15) is 55.8 Å². The Hall–Kier alpha value is -3.81. The molecule has 2 aliphatic heterocycles. The fourth-order valence-corrected chi connectivity index (χ4v) is 6.31. The molecule has 14 heteroatoms. The summed E-state index contributed by atoms with van der Waals surface area (Å²) in [5, 5.41) is 18.3. The molecule has 1 spiro atoms. The van der Waals surface area contributed by atoms with Crippen LogP contribution < -0.4 is 14.5 Å². The van der Waals surface area contributed by atoms with Crippen LogP contribution in [0.4, 0.5) is 26.0 Å². The van der Waals surface area contributed by atoms with E-state index in [1.54, 1.807) is 34.8 Å². The van der Waals surface area contributed by atoms with Crippen molar-refractivity contribution in [3.8, 4) is 17.1 Å². The monoisotopic (exact) mass is 601 g/mol. The largest absolute Gasteiger partial charge is 0.478 e. The van der Waals surface area contributed by atoms with Crippen LogP contribution >= 0.6 is 0 Å². The van der Waals surface area contributed by atoms with E-state index in [-0.39, 0.29) is 42.9 Å². The molecule has 2 N–H and O–H groups in total. The molecule has 3 aliphatic rings. The molecule has 1 aliphatic carbocycles. The highest BCUT2D eigenvalue weighted by Gasteiger charge is 2.44. The van der Waals surface area contributed by atoms with Crippen LogP contribution in [0, 0.1) is 5.41 Å². The first-order valence-corrected chi connectivity index (χ1v) is 15.8. The van der Waals surface area contributed by atoms with Gasteiger partial charge in [0.1, 0.15) is 11.5 Å². The van der Waals surface area contributed by atoms with Gasteiger partial charge in [0.25, 0.3) is 5.92 Å². The van der Waals surface area contributed by atoms with Crippen molar-refractivity contribution in [2.75, 3.05) is 46.5 Å². The number of carboxylic acids is 1. The summed E-state index contributed by atoms with van der Waals surface area (Å²) in [6.07, 6.45) is 5.61. The van der Waals surface area contributed by atoms with Gasteiger partial charge in [0.2, 0.25) is 10.0 Å². The summed E-state index contributed by atoms with van der Waals surface area (Å²) in [6.45, 7) is 3.36. The summed E-state index contributed by atoms with van der Waals surface area (Å²) in [5.74, 6) is -3.66. The van der Waals surface area contributed by atoms with E-state index in [1.165, 1.54) is 25.0 Å². The Labute approximate surface area is 242 Å². The van der Waals surface area contributed by atoms with E-state index in [4.69, 9.17) is 0 Å². The molecular weight excluding hydrogens is 568 g/mol. The fraction of sp³-hybridized carbons (Fsp3) is 0.500. The lowest BCUT2D eigenvalue weighted by molar-refractivity contribution is -0.0221. The lowest BCUT2D eigenvalue weighted by Gasteiger charge is -2.35. The van der Waals surface area contributed by atoms with Crippen molar-refractivity contribution in [2.45, 2.75) is 51.4 Å². The third-order valence-corrected chi connectivity index (χ3v) is 9.94. The summed E-state index contributed by atoms with van der Waals surface area (Å²) in [6, 6.07) is 8.04. The van der Waals surface area contributed by atoms with Crippen molar-refractivity contribution >= 4 is 33.2 Å². The maximum absolute atomic E-state index is 13.7. The average molecular weight is 602 g/mol. The molecule has 42 heavy (non-hydrogen) atoms. The zero-order chi connectivity index (χ0) is 29.7. The average Bonchev–Trinajstić information content (AvgIpc) is 3.53. The summed E-state index contributed by atoms with van der Waals surface area (Å²) in [7, 11) is -3.47. The maximum Gasteiger partial charge on any atom is 0.335 e. The summed E-state index contributed by atoms with van der Waals surface area (Å²) >= 11 is 0. The minimum Gasteiger partial charge on any atom is -0.478 e. The Bertz CT molecular complexity index is 1600. The number of rotatable bonds is 8. The number of nitrogens with one attached hydrogen (secondary N) is 1. The summed E-state index contributed by atoms with van der Waals surface area (Å²) in [4.78, 5) is 20.4. The molecule has 3 fully saturated rings. The van der Waals surface area contributed by atoms with Gasteiger partial charge in [0.15, 0.2) is 0 Å². The third kappa shape index (κ3) is 5.90. The molecule has 0 amide bonds. The second-order valence-electron chi connectivity index (χ2n) is 11.5. The van der Waals surface area contributed by atoms with Gasteiger partial charge in [-0.3, -0.25) is 4.72 Å². The Kier molecular flexibility index (Phi) is 7.06. The summed E-state index contributed by atoms with van der Waals surface area (Å²) in [5.41, 5.74) is 2.94. The third-order valence-electron chi connectivity index (χ3n) is 8.63. The van der Waals surface area contributed by atoms with Crippen molar-refractivity contribution in [2.24, 2.45) is 5.41 Å². The minimum absolute atomic E-state index is 0.0301. The number of hydrogen-bond donors (Lipinski definition) is 2. The maximum atomic E-state index is 13.7. The number of carbonyl (C=O) groups is 1. The van der Waals surface area contributed by atoms with Crippen molar-refractivity contribution in [1.82, 2.24) is 20.0 Å². The number of aromatic carboxylic acids is 1. The Balaban J connectivity index is 1.34. The number of alkyl halides is 2. The highest BCUT2D eigenvalue weighted by molar-refractivity contribution is 7.92. The molecule has 0 atom stereocenters. The van der Waals surface area contributed by atoms with Crippen LogP contribution in [-0.4, -0.2) is 77.3 Å². The zero-order valence-corrected chi connectivity index (χ0v) is 24.1. The second kappa shape index (κ2) is 10.5. The van der Waals surface area contributed by atoms with Gasteiger partial charge in [0.05, 0.1) is 40.3 Å². The predicted molar refractivity (Wildman–Crippen MR) is 154 cm³/mol. The van der Waals surface area contributed by atoms with Crippen molar-refractivity contribution in [1.29, 1.82) is 0 Å². The molecule has 0 unspecified atom stereocenters. The lowest BCUT2D eigenvalue weighted by Crippen LogP contribution is -2.39. The topological polar surface area (TPSA) is 134 Å². The second-order valence-corrected chi connectivity index (χ2v) is 13.5. The van der Waals surface area contributed by atoms with Gasteiger partial charge in [-0.25, -0.2) is 31.7 Å². The van der Waals surface area contributed by atoms with Gasteiger partial charge in [-0.2, -0.15) is 0 Å². The van der Waals surface area contributed by atoms with E-state index >= 15 is 0 Å². The van der Waals surface area contributed by atoms with E-state index in [0.717, 1.165) is 31.6 Å². The molecule has 0 bridgehead atoms. The van der Waals surface area contributed by atoms with Crippen LogP contribution in [0.25, 0.3) is 17.1 Å². The molecule has 224 valence electrons. The van der Waals surface area contributed by atoms with E-state index in [9.17, 15) is 27.1 Å². The first kappa shape index (κ1) is 28.3. The van der Waals surface area contributed by atoms with Crippen LogP contribution in [0.2, 0.25) is 0 Å². The van der Waals surface area contributed by atoms with Crippen molar-refractivity contribution < 1.29 is 27.1 Å². The summed E-state index contributed by atoms with van der Waals surface area (Å²) < 4.78 is 56.2.